The fourth-order valence-corrected chi connectivity index (χ4v) is 2.54. The number of aryl methyl sites for hydroxylation is 1. The molecule has 128 valence electrons. The third kappa shape index (κ3) is 4.32. The smallest absolute Gasteiger partial charge is 0.322 e. The van der Waals surface area contributed by atoms with Crippen LogP contribution in [0.25, 0.3) is 11.5 Å². The van der Waals surface area contributed by atoms with Crippen LogP contribution in [0.3, 0.4) is 0 Å². The molecule has 0 fully saturated rings. The molecule has 3 aromatic rings. The number of rotatable bonds is 5. The first-order valence-electron chi connectivity index (χ1n) is 8.30. The number of carbonyl (C=O) groups excluding carboxylic acids is 1. The van der Waals surface area contributed by atoms with E-state index in [1.165, 1.54) is 5.56 Å². The highest BCUT2D eigenvalue weighted by atomic mass is 16.4. The molecular weight excluding hydrogens is 314 g/mol. The van der Waals surface area contributed by atoms with E-state index >= 15 is 0 Å². The Kier molecular flexibility index (Phi) is 4.93. The normalized spacial score (nSPS) is 10.9. The van der Waals surface area contributed by atoms with Crippen LogP contribution in [0.2, 0.25) is 0 Å². The topological polar surface area (TPSA) is 68.0 Å². The van der Waals surface area contributed by atoms with Crippen molar-refractivity contribution in [1.29, 1.82) is 0 Å². The summed E-state index contributed by atoms with van der Waals surface area (Å²) in [6, 6.07) is 15.9. The Morgan fingerprint density at radius 2 is 1.88 bits per heavy atom. The van der Waals surface area contributed by atoms with Gasteiger partial charge in [-0.2, -0.15) is 0 Å². The van der Waals surface area contributed by atoms with E-state index in [0.717, 1.165) is 16.7 Å². The number of hydrogen-bond donors (Lipinski definition) is 1. The van der Waals surface area contributed by atoms with E-state index in [-0.39, 0.29) is 18.3 Å². The van der Waals surface area contributed by atoms with Crippen molar-refractivity contribution in [3.63, 3.8) is 0 Å². The summed E-state index contributed by atoms with van der Waals surface area (Å²) >= 11 is 0. The quantitative estimate of drug-likeness (QED) is 0.752. The van der Waals surface area contributed by atoms with Crippen LogP contribution in [0, 0.1) is 6.92 Å². The Labute approximate surface area is 147 Å². The molecule has 5 nitrogen and oxygen atoms in total. The summed E-state index contributed by atoms with van der Waals surface area (Å²) in [6.07, 6.45) is 0.264. The van der Waals surface area contributed by atoms with Crippen LogP contribution < -0.4 is 5.32 Å². The standard InChI is InChI=1S/C20H21N3O2/c1-13(2)16-9-7-15(8-10-16)12-18(24)21-20-23-22-19(25-20)17-6-4-5-14(3)11-17/h4-11,13H,12H2,1-3H3,(H,21,23,24). The van der Waals surface area contributed by atoms with Crippen LogP contribution in [-0.2, 0) is 11.2 Å². The van der Waals surface area contributed by atoms with Crippen molar-refractivity contribution in [2.24, 2.45) is 0 Å². The Morgan fingerprint density at radius 1 is 1.12 bits per heavy atom. The predicted molar refractivity (Wildman–Crippen MR) is 97.3 cm³/mol. The molecule has 0 bridgehead atoms. The van der Waals surface area contributed by atoms with Crippen molar-refractivity contribution in [3.05, 3.63) is 65.2 Å². The second-order valence-corrected chi connectivity index (χ2v) is 6.40. The molecule has 2 aromatic carbocycles. The SMILES string of the molecule is Cc1cccc(-c2nnc(NC(=O)Cc3ccc(C(C)C)cc3)o2)c1. The Bertz CT molecular complexity index is 867. The van der Waals surface area contributed by atoms with E-state index in [0.29, 0.717) is 11.8 Å². The van der Waals surface area contributed by atoms with Gasteiger partial charge in [-0.1, -0.05) is 60.9 Å². The molecule has 0 aliphatic heterocycles. The number of carbonyl (C=O) groups is 1. The number of nitrogens with one attached hydrogen (secondary N) is 1. The largest absolute Gasteiger partial charge is 0.403 e. The van der Waals surface area contributed by atoms with Crippen molar-refractivity contribution in [2.45, 2.75) is 33.1 Å². The first-order chi connectivity index (χ1) is 12.0. The van der Waals surface area contributed by atoms with Gasteiger partial charge in [-0.05, 0) is 36.1 Å². The number of benzene rings is 2. The molecule has 25 heavy (non-hydrogen) atoms. The lowest BCUT2D eigenvalue weighted by Crippen LogP contribution is -2.14. The van der Waals surface area contributed by atoms with Crippen molar-refractivity contribution in [1.82, 2.24) is 10.2 Å². The van der Waals surface area contributed by atoms with Gasteiger partial charge in [-0.25, -0.2) is 0 Å². The molecule has 0 radical (unpaired) electrons. The van der Waals surface area contributed by atoms with E-state index in [1.807, 2.05) is 43.3 Å². The van der Waals surface area contributed by atoms with Crippen molar-refractivity contribution in [3.8, 4) is 11.5 Å². The van der Waals surface area contributed by atoms with Gasteiger partial charge in [0.1, 0.15) is 0 Å². The molecule has 0 aliphatic rings. The summed E-state index contributed by atoms with van der Waals surface area (Å²) in [4.78, 5) is 12.2. The number of nitrogens with zero attached hydrogens (tertiary/aromatic N) is 2. The van der Waals surface area contributed by atoms with Crippen molar-refractivity contribution >= 4 is 11.9 Å². The number of aromatic nitrogens is 2. The molecule has 0 atom stereocenters. The van der Waals surface area contributed by atoms with E-state index in [2.05, 4.69) is 41.5 Å². The fraction of sp³-hybridized carbons (Fsp3) is 0.250. The Morgan fingerprint density at radius 3 is 2.56 bits per heavy atom. The zero-order chi connectivity index (χ0) is 17.8. The van der Waals surface area contributed by atoms with Crippen molar-refractivity contribution < 1.29 is 9.21 Å². The van der Waals surface area contributed by atoms with Crippen LogP contribution in [0.1, 0.15) is 36.5 Å². The van der Waals surface area contributed by atoms with E-state index in [1.54, 1.807) is 0 Å². The maximum absolute atomic E-state index is 12.2. The van der Waals surface area contributed by atoms with Gasteiger partial charge >= 0.3 is 6.01 Å². The highest BCUT2D eigenvalue weighted by Gasteiger charge is 2.12. The fourth-order valence-electron chi connectivity index (χ4n) is 2.54. The minimum Gasteiger partial charge on any atom is -0.403 e. The number of anilines is 1. The van der Waals surface area contributed by atoms with Gasteiger partial charge in [0.2, 0.25) is 11.8 Å². The highest BCUT2D eigenvalue weighted by molar-refractivity contribution is 5.90. The summed E-state index contributed by atoms with van der Waals surface area (Å²) in [5, 5.41) is 10.5. The molecule has 1 amide bonds. The highest BCUT2D eigenvalue weighted by Crippen LogP contribution is 2.21. The minimum absolute atomic E-state index is 0.111. The molecular formula is C20H21N3O2. The van der Waals surface area contributed by atoms with Gasteiger partial charge in [-0.15, -0.1) is 5.10 Å². The van der Waals surface area contributed by atoms with Crippen LogP contribution >= 0.6 is 0 Å². The third-order valence-corrected chi connectivity index (χ3v) is 3.95. The second kappa shape index (κ2) is 7.30. The lowest BCUT2D eigenvalue weighted by Gasteiger charge is -2.06. The second-order valence-electron chi connectivity index (χ2n) is 6.40. The molecule has 0 spiro atoms. The molecule has 0 unspecified atom stereocenters. The van der Waals surface area contributed by atoms with Gasteiger partial charge in [0, 0.05) is 5.56 Å². The van der Waals surface area contributed by atoms with Crippen LogP contribution in [0.15, 0.2) is 52.9 Å². The molecule has 0 saturated carbocycles. The van der Waals surface area contributed by atoms with Crippen molar-refractivity contribution in [2.75, 3.05) is 5.32 Å². The minimum atomic E-state index is -0.184. The van der Waals surface area contributed by atoms with Gasteiger partial charge in [0.25, 0.3) is 0 Å². The average molecular weight is 335 g/mol. The average Bonchev–Trinajstić information content (AvgIpc) is 3.03. The summed E-state index contributed by atoms with van der Waals surface area (Å²) in [6.45, 7) is 6.28. The maximum atomic E-state index is 12.2. The first-order valence-corrected chi connectivity index (χ1v) is 8.30. The molecule has 3 rings (SSSR count). The van der Waals surface area contributed by atoms with Gasteiger partial charge < -0.3 is 4.42 Å². The van der Waals surface area contributed by atoms with E-state index in [9.17, 15) is 4.79 Å². The summed E-state index contributed by atoms with van der Waals surface area (Å²) in [5.41, 5.74) is 4.13. The zero-order valence-electron chi connectivity index (χ0n) is 14.6. The molecule has 0 aliphatic carbocycles. The van der Waals surface area contributed by atoms with Crippen LogP contribution in [0.4, 0.5) is 6.01 Å². The summed E-state index contributed by atoms with van der Waals surface area (Å²) in [7, 11) is 0. The molecule has 0 saturated heterocycles. The lowest BCUT2D eigenvalue weighted by molar-refractivity contribution is -0.115. The molecule has 5 heteroatoms. The van der Waals surface area contributed by atoms with Gasteiger partial charge in [-0.3, -0.25) is 10.1 Å². The zero-order valence-corrected chi connectivity index (χ0v) is 14.6. The molecule has 1 aromatic heterocycles. The van der Waals surface area contributed by atoms with Gasteiger partial charge in [0.15, 0.2) is 0 Å². The Hall–Kier alpha value is -2.95. The first kappa shape index (κ1) is 16.9. The lowest BCUT2D eigenvalue weighted by atomic mass is 10.0. The summed E-state index contributed by atoms with van der Waals surface area (Å²) in [5.74, 6) is 0.679. The predicted octanol–water partition coefficient (Wildman–Crippen LogP) is 4.35. The third-order valence-electron chi connectivity index (χ3n) is 3.95. The van der Waals surface area contributed by atoms with Crippen LogP contribution in [-0.4, -0.2) is 16.1 Å². The van der Waals surface area contributed by atoms with E-state index < -0.39 is 0 Å². The number of amides is 1. The Balaban J connectivity index is 1.63. The molecule has 1 heterocycles. The monoisotopic (exact) mass is 335 g/mol. The summed E-state index contributed by atoms with van der Waals surface area (Å²) < 4.78 is 5.53. The van der Waals surface area contributed by atoms with Crippen LogP contribution in [0.5, 0.6) is 0 Å². The van der Waals surface area contributed by atoms with E-state index in [4.69, 9.17) is 4.42 Å². The molecule has 1 N–H and O–H groups in total. The van der Waals surface area contributed by atoms with Gasteiger partial charge in [0.05, 0.1) is 6.42 Å². The maximum Gasteiger partial charge on any atom is 0.322 e. The number of hydrogen-bond acceptors (Lipinski definition) is 4.